The highest BCUT2D eigenvalue weighted by atomic mass is 31.2. The predicted molar refractivity (Wildman–Crippen MR) is 227 cm³/mol. The number of unbranched alkanes of at least 4 members (excludes halogenated alkanes) is 10. The van der Waals surface area contributed by atoms with Gasteiger partial charge >= 0.3 is 25.7 Å². The van der Waals surface area contributed by atoms with Gasteiger partial charge in [-0.15, -0.1) is 0 Å². The summed E-state index contributed by atoms with van der Waals surface area (Å²) >= 11 is 0. The first-order chi connectivity index (χ1) is 27.5. The summed E-state index contributed by atoms with van der Waals surface area (Å²) in [6, 6.07) is -1.54. The summed E-state index contributed by atoms with van der Waals surface area (Å²) in [4.78, 5) is 45.9. The fourth-order valence-electron chi connectivity index (χ4n) is 5.10. The summed E-state index contributed by atoms with van der Waals surface area (Å²) in [6.45, 7) is 2.52. The molecule has 0 saturated heterocycles. The van der Waals surface area contributed by atoms with Gasteiger partial charge in [0.25, 0.3) is 0 Å². The molecule has 0 fully saturated rings. The molecule has 0 aromatic heterocycles. The number of carboxylic acids is 1. The van der Waals surface area contributed by atoms with E-state index >= 15 is 0 Å². The standard InChI is InChI=1S/C44H74NO11P/c1-3-5-7-8-9-10-11-12-13-14-19-22-25-28-31-35-43(48)56-40(37-54-57(51,52)55-38-41(45)44(49)50)36-53-42(47)34-30-27-24-21-18-16-15-17-20-23-26-29-33-39(46)32-6-4-2/h9-10,12-13,15-16,20-21,23-24,29,33,39-41,46H,3-8,11,14,17-19,22,25-28,30-32,34-38,45H2,1-2H3,(H,49,50)(H,51,52)/b10-9-,13-12-,16-15-,23-20-,24-21-,33-29-/t39-,40+,41-/m0/s1. The zero-order valence-electron chi connectivity index (χ0n) is 34.8. The molecular weight excluding hydrogens is 749 g/mol. The molecule has 0 bridgehead atoms. The van der Waals surface area contributed by atoms with Gasteiger partial charge in [-0.05, 0) is 77.0 Å². The Labute approximate surface area is 343 Å². The molecule has 0 aliphatic heterocycles. The van der Waals surface area contributed by atoms with Crippen LogP contribution in [-0.4, -0.2) is 71.1 Å². The summed E-state index contributed by atoms with van der Waals surface area (Å²) in [5, 5.41) is 18.7. The van der Waals surface area contributed by atoms with Crippen molar-refractivity contribution in [1.82, 2.24) is 0 Å². The molecule has 0 rings (SSSR count). The number of carbonyl (C=O) groups excluding carboxylic acids is 2. The number of phosphoric acid groups is 1. The lowest BCUT2D eigenvalue weighted by Gasteiger charge is -2.20. The van der Waals surface area contributed by atoms with Crippen LogP contribution in [0.3, 0.4) is 0 Å². The monoisotopic (exact) mass is 823 g/mol. The fourth-order valence-corrected chi connectivity index (χ4v) is 5.88. The van der Waals surface area contributed by atoms with Crippen LogP contribution < -0.4 is 5.73 Å². The van der Waals surface area contributed by atoms with E-state index in [1.54, 1.807) is 0 Å². The predicted octanol–water partition coefficient (Wildman–Crippen LogP) is 9.92. The second kappa shape index (κ2) is 38.4. The SMILES string of the molecule is CCCCC/C=C\C/C=C\CCCCCCCC(=O)O[C@H](COC(=O)CCC/C=C\C/C=C\C/C=C\C/C=C\[C@@H](O)CCCC)COP(=O)(O)OC[C@H](N)C(=O)O. The third kappa shape index (κ3) is 38.2. The van der Waals surface area contributed by atoms with E-state index in [1.165, 1.54) is 19.3 Å². The first kappa shape index (κ1) is 53.9. The van der Waals surface area contributed by atoms with E-state index in [-0.39, 0.29) is 18.9 Å². The zero-order valence-corrected chi connectivity index (χ0v) is 35.7. The summed E-state index contributed by atoms with van der Waals surface area (Å²) in [7, 11) is -4.74. The maximum atomic E-state index is 12.6. The fraction of sp³-hybridized carbons (Fsp3) is 0.659. The molecule has 1 unspecified atom stereocenters. The molecular formula is C44H74NO11P. The highest BCUT2D eigenvalue weighted by Gasteiger charge is 2.28. The lowest BCUT2D eigenvalue weighted by molar-refractivity contribution is -0.161. The van der Waals surface area contributed by atoms with Crippen molar-refractivity contribution in [2.24, 2.45) is 5.73 Å². The number of rotatable bonds is 38. The number of hydrogen-bond donors (Lipinski definition) is 4. The molecule has 0 aromatic carbocycles. The first-order valence-electron chi connectivity index (χ1n) is 21.1. The molecule has 0 spiro atoms. The van der Waals surface area contributed by atoms with Gasteiger partial charge in [-0.2, -0.15) is 0 Å². The molecule has 0 aromatic rings. The maximum absolute atomic E-state index is 12.6. The molecule has 57 heavy (non-hydrogen) atoms. The molecule has 5 N–H and O–H groups in total. The molecule has 0 heterocycles. The van der Waals surface area contributed by atoms with Crippen molar-refractivity contribution in [2.75, 3.05) is 19.8 Å². The average molecular weight is 824 g/mol. The van der Waals surface area contributed by atoms with Crippen LogP contribution in [0, 0.1) is 0 Å². The minimum Gasteiger partial charge on any atom is -0.480 e. The van der Waals surface area contributed by atoms with Crippen LogP contribution in [0.15, 0.2) is 72.9 Å². The van der Waals surface area contributed by atoms with Gasteiger partial charge in [-0.25, -0.2) is 4.57 Å². The molecule has 0 amide bonds. The molecule has 326 valence electrons. The normalized spacial score (nSPS) is 15.0. The molecule has 0 radical (unpaired) electrons. The molecule has 13 heteroatoms. The van der Waals surface area contributed by atoms with Crippen LogP contribution >= 0.6 is 7.82 Å². The molecule has 0 aliphatic carbocycles. The number of carboxylic acid groups (broad SMARTS) is 1. The Bertz CT molecular complexity index is 1260. The third-order valence-corrected chi connectivity index (χ3v) is 9.45. The summed E-state index contributed by atoms with van der Waals surface area (Å²) in [5.41, 5.74) is 5.32. The van der Waals surface area contributed by atoms with Crippen molar-refractivity contribution >= 4 is 25.7 Å². The summed E-state index contributed by atoms with van der Waals surface area (Å²) in [5.74, 6) is -2.51. The Hall–Kier alpha value is -3.12. The number of phosphoric ester groups is 1. The Morgan fingerprint density at radius 1 is 0.614 bits per heavy atom. The number of aliphatic hydroxyl groups is 1. The molecule has 4 atom stereocenters. The smallest absolute Gasteiger partial charge is 0.472 e. The lowest BCUT2D eigenvalue weighted by atomic mass is 10.1. The Morgan fingerprint density at radius 2 is 1.11 bits per heavy atom. The topological polar surface area (TPSA) is 192 Å². The summed E-state index contributed by atoms with van der Waals surface area (Å²) in [6.07, 6.45) is 41.6. The van der Waals surface area contributed by atoms with Crippen LogP contribution in [0.1, 0.15) is 149 Å². The number of carbonyl (C=O) groups is 3. The van der Waals surface area contributed by atoms with Crippen molar-refractivity contribution in [3.63, 3.8) is 0 Å². The number of ether oxygens (including phenoxy) is 2. The van der Waals surface area contributed by atoms with E-state index in [2.05, 4.69) is 67.0 Å². The third-order valence-electron chi connectivity index (χ3n) is 8.50. The average Bonchev–Trinajstić information content (AvgIpc) is 3.18. The number of aliphatic hydroxyl groups excluding tert-OH is 1. The van der Waals surface area contributed by atoms with Crippen molar-refractivity contribution in [1.29, 1.82) is 0 Å². The number of aliphatic carboxylic acids is 1. The van der Waals surface area contributed by atoms with Gasteiger partial charge in [0.2, 0.25) is 0 Å². The van der Waals surface area contributed by atoms with Crippen LogP contribution in [0.4, 0.5) is 0 Å². The highest BCUT2D eigenvalue weighted by Crippen LogP contribution is 2.43. The largest absolute Gasteiger partial charge is 0.480 e. The zero-order chi connectivity index (χ0) is 42.2. The number of esters is 2. The molecule has 0 aliphatic rings. The van der Waals surface area contributed by atoms with Gasteiger partial charge in [-0.3, -0.25) is 23.4 Å². The van der Waals surface area contributed by atoms with Crippen LogP contribution in [0.5, 0.6) is 0 Å². The van der Waals surface area contributed by atoms with Gasteiger partial charge in [0.1, 0.15) is 12.6 Å². The summed E-state index contributed by atoms with van der Waals surface area (Å²) < 4.78 is 32.6. The van der Waals surface area contributed by atoms with E-state index in [0.717, 1.165) is 83.5 Å². The van der Waals surface area contributed by atoms with E-state index < -0.39 is 57.7 Å². The minimum atomic E-state index is -4.74. The van der Waals surface area contributed by atoms with Crippen molar-refractivity contribution in [2.45, 2.75) is 167 Å². The van der Waals surface area contributed by atoms with Gasteiger partial charge in [0.05, 0.1) is 19.3 Å². The van der Waals surface area contributed by atoms with Gasteiger partial charge in [-0.1, -0.05) is 132 Å². The number of hydrogen-bond acceptors (Lipinski definition) is 10. The Kier molecular flexibility index (Phi) is 36.3. The van der Waals surface area contributed by atoms with Crippen LogP contribution in [0.25, 0.3) is 0 Å². The lowest BCUT2D eigenvalue weighted by Crippen LogP contribution is -2.34. The second-order valence-electron chi connectivity index (χ2n) is 13.9. The highest BCUT2D eigenvalue weighted by molar-refractivity contribution is 7.47. The van der Waals surface area contributed by atoms with E-state index in [4.69, 9.17) is 24.8 Å². The van der Waals surface area contributed by atoms with Crippen molar-refractivity contribution in [3.8, 4) is 0 Å². The number of nitrogens with two attached hydrogens (primary N) is 1. The first-order valence-corrected chi connectivity index (χ1v) is 22.5. The van der Waals surface area contributed by atoms with Gasteiger partial charge < -0.3 is 30.3 Å². The Balaban J connectivity index is 4.54. The minimum absolute atomic E-state index is 0.122. The van der Waals surface area contributed by atoms with Gasteiger partial charge in [0.15, 0.2) is 6.10 Å². The molecule has 0 saturated carbocycles. The van der Waals surface area contributed by atoms with Crippen LogP contribution in [0.2, 0.25) is 0 Å². The van der Waals surface area contributed by atoms with E-state index in [1.807, 2.05) is 24.3 Å². The maximum Gasteiger partial charge on any atom is 0.472 e. The molecule has 12 nitrogen and oxygen atoms in total. The van der Waals surface area contributed by atoms with E-state index in [0.29, 0.717) is 19.3 Å². The van der Waals surface area contributed by atoms with E-state index in [9.17, 15) is 28.9 Å². The van der Waals surface area contributed by atoms with Crippen molar-refractivity contribution < 1.29 is 52.6 Å². The van der Waals surface area contributed by atoms with Gasteiger partial charge in [0, 0.05) is 12.8 Å². The van der Waals surface area contributed by atoms with Crippen LogP contribution in [-0.2, 0) is 37.5 Å². The quantitative estimate of drug-likeness (QED) is 0.0200. The second-order valence-corrected chi connectivity index (χ2v) is 15.4. The van der Waals surface area contributed by atoms with Crippen molar-refractivity contribution in [3.05, 3.63) is 72.9 Å². The number of allylic oxidation sites excluding steroid dienone is 11. The Morgan fingerprint density at radius 3 is 1.70 bits per heavy atom.